The highest BCUT2D eigenvalue weighted by atomic mass is 32.2. The molecule has 0 spiro atoms. The number of aromatic nitrogens is 1. The number of hydrogen-bond donors (Lipinski definition) is 2. The van der Waals surface area contributed by atoms with Gasteiger partial charge in [-0.05, 0) is 43.2 Å². The van der Waals surface area contributed by atoms with Crippen LogP contribution in [-0.4, -0.2) is 79.8 Å². The molecule has 0 radical (unpaired) electrons. The van der Waals surface area contributed by atoms with E-state index in [1.165, 1.54) is 8.61 Å². The second-order valence-corrected chi connectivity index (χ2v) is 9.89. The Balaban J connectivity index is 1.47. The maximum Gasteiger partial charge on any atom is 0.323 e. The molecule has 0 bridgehead atoms. The number of carbonyl (C=O) groups excluding carboxylic acids is 1. The lowest BCUT2D eigenvalue weighted by Crippen LogP contribution is -2.51. The first-order valence-electron chi connectivity index (χ1n) is 10.2. The van der Waals surface area contributed by atoms with Gasteiger partial charge >= 0.3 is 6.03 Å². The topological polar surface area (TPSA) is 97.9 Å². The molecule has 2 aromatic rings. The van der Waals surface area contributed by atoms with Gasteiger partial charge in [0.25, 0.3) is 10.2 Å². The summed E-state index contributed by atoms with van der Waals surface area (Å²) >= 11 is 0. The minimum absolute atomic E-state index is 0.318. The van der Waals surface area contributed by atoms with E-state index in [0.29, 0.717) is 31.9 Å². The average Bonchev–Trinajstić information content (AvgIpc) is 2.74. The van der Waals surface area contributed by atoms with Gasteiger partial charge in [0.2, 0.25) is 0 Å². The quantitative estimate of drug-likeness (QED) is 0.678. The van der Waals surface area contributed by atoms with E-state index in [1.807, 2.05) is 43.3 Å². The van der Waals surface area contributed by atoms with Crippen LogP contribution in [0.3, 0.4) is 0 Å². The van der Waals surface area contributed by atoms with Crippen LogP contribution in [0.2, 0.25) is 0 Å². The number of pyridine rings is 1. The second kappa shape index (κ2) is 10.2. The van der Waals surface area contributed by atoms with E-state index in [4.69, 9.17) is 0 Å². The maximum atomic E-state index is 12.2. The Morgan fingerprint density at radius 2 is 1.77 bits per heavy atom. The zero-order valence-electron chi connectivity index (χ0n) is 18.2. The second-order valence-electron chi connectivity index (χ2n) is 7.75. The largest absolute Gasteiger partial charge is 0.323 e. The molecule has 0 atom stereocenters. The standard InChI is InChI=1S/C21H30N6O3S/c1-17-7-8-20(16-22-17)24-21(28)23-19-6-4-5-18(15-19)9-10-26-11-13-27(14-12-26)31(29,30)25(2)3/h4-8,15-16H,9-14H2,1-3H3,(H2,23,24,28). The van der Waals surface area contributed by atoms with Gasteiger partial charge in [0.05, 0.1) is 11.9 Å². The first-order valence-corrected chi connectivity index (χ1v) is 11.6. The van der Waals surface area contributed by atoms with Crippen LogP contribution in [-0.2, 0) is 16.6 Å². The number of anilines is 2. The Labute approximate surface area is 184 Å². The van der Waals surface area contributed by atoms with Crippen LogP contribution < -0.4 is 10.6 Å². The van der Waals surface area contributed by atoms with E-state index in [9.17, 15) is 13.2 Å². The molecule has 31 heavy (non-hydrogen) atoms. The summed E-state index contributed by atoms with van der Waals surface area (Å²) < 4.78 is 27.2. The predicted molar refractivity (Wildman–Crippen MR) is 122 cm³/mol. The van der Waals surface area contributed by atoms with E-state index in [2.05, 4.69) is 20.5 Å². The molecule has 0 aliphatic carbocycles. The Bertz CT molecular complexity index is 986. The highest BCUT2D eigenvalue weighted by Crippen LogP contribution is 2.14. The molecule has 0 unspecified atom stereocenters. The van der Waals surface area contributed by atoms with Crippen molar-refractivity contribution in [2.45, 2.75) is 13.3 Å². The summed E-state index contributed by atoms with van der Waals surface area (Å²) in [6.07, 6.45) is 2.44. The molecule has 1 fully saturated rings. The van der Waals surface area contributed by atoms with Gasteiger partial charge in [0, 0.05) is 58.2 Å². The lowest BCUT2D eigenvalue weighted by Gasteiger charge is -2.35. The maximum absolute atomic E-state index is 12.2. The zero-order valence-corrected chi connectivity index (χ0v) is 19.0. The highest BCUT2D eigenvalue weighted by molar-refractivity contribution is 7.86. The Morgan fingerprint density at radius 3 is 2.42 bits per heavy atom. The van der Waals surface area contributed by atoms with E-state index in [1.54, 1.807) is 20.3 Å². The Kier molecular flexibility index (Phi) is 7.60. The van der Waals surface area contributed by atoms with E-state index in [0.717, 1.165) is 29.9 Å². The van der Waals surface area contributed by atoms with Crippen LogP contribution >= 0.6 is 0 Å². The third kappa shape index (κ3) is 6.47. The van der Waals surface area contributed by atoms with Crippen molar-refractivity contribution in [3.63, 3.8) is 0 Å². The molecule has 1 aliphatic heterocycles. The molecule has 168 valence electrons. The van der Waals surface area contributed by atoms with E-state index in [-0.39, 0.29) is 6.03 Å². The third-order valence-electron chi connectivity index (χ3n) is 5.19. The van der Waals surface area contributed by atoms with Gasteiger partial charge in [0.15, 0.2) is 0 Å². The highest BCUT2D eigenvalue weighted by Gasteiger charge is 2.28. The number of piperazine rings is 1. The number of urea groups is 1. The molecule has 2 heterocycles. The van der Waals surface area contributed by atoms with E-state index >= 15 is 0 Å². The van der Waals surface area contributed by atoms with Gasteiger partial charge in [-0.25, -0.2) is 4.79 Å². The summed E-state index contributed by atoms with van der Waals surface area (Å²) in [7, 11) is -0.230. The number of aryl methyl sites for hydroxylation is 1. The van der Waals surface area contributed by atoms with Gasteiger partial charge in [0.1, 0.15) is 0 Å². The number of nitrogens with one attached hydrogen (secondary N) is 2. The van der Waals surface area contributed by atoms with Crippen molar-refractivity contribution in [2.75, 3.05) is 57.5 Å². The monoisotopic (exact) mass is 446 g/mol. The summed E-state index contributed by atoms with van der Waals surface area (Å²) in [4.78, 5) is 18.7. The fraction of sp³-hybridized carbons (Fsp3) is 0.429. The molecule has 2 amide bonds. The normalized spacial score (nSPS) is 15.7. The number of benzene rings is 1. The molecule has 1 aromatic carbocycles. The molecule has 9 nitrogen and oxygen atoms in total. The van der Waals surface area contributed by atoms with Crippen molar-refractivity contribution in [3.8, 4) is 0 Å². The average molecular weight is 447 g/mol. The van der Waals surface area contributed by atoms with Crippen molar-refractivity contribution >= 4 is 27.6 Å². The number of amides is 2. The van der Waals surface area contributed by atoms with Gasteiger partial charge in [-0.1, -0.05) is 12.1 Å². The molecule has 3 rings (SSSR count). The molecule has 10 heteroatoms. The minimum atomic E-state index is -3.34. The number of nitrogens with zero attached hydrogens (tertiary/aromatic N) is 4. The van der Waals surface area contributed by atoms with Crippen molar-refractivity contribution in [1.29, 1.82) is 0 Å². The smallest absolute Gasteiger partial charge is 0.308 e. The van der Waals surface area contributed by atoms with Crippen LogP contribution in [0.1, 0.15) is 11.3 Å². The van der Waals surface area contributed by atoms with Gasteiger partial charge in [-0.2, -0.15) is 17.0 Å². The first-order chi connectivity index (χ1) is 14.7. The van der Waals surface area contributed by atoms with Crippen molar-refractivity contribution in [3.05, 3.63) is 53.9 Å². The summed E-state index contributed by atoms with van der Waals surface area (Å²) in [6.45, 7) is 5.13. The van der Waals surface area contributed by atoms with Gasteiger partial charge in [-0.3, -0.25) is 4.98 Å². The van der Waals surface area contributed by atoms with Crippen LogP contribution in [0.4, 0.5) is 16.2 Å². The van der Waals surface area contributed by atoms with Gasteiger partial charge in [-0.15, -0.1) is 0 Å². The lowest BCUT2D eigenvalue weighted by atomic mass is 10.1. The summed E-state index contributed by atoms with van der Waals surface area (Å²) in [5.41, 5.74) is 3.35. The molecular formula is C21H30N6O3S. The van der Waals surface area contributed by atoms with Gasteiger partial charge < -0.3 is 15.5 Å². The van der Waals surface area contributed by atoms with Crippen molar-refractivity contribution < 1.29 is 13.2 Å². The SMILES string of the molecule is Cc1ccc(NC(=O)Nc2cccc(CCN3CCN(S(=O)(=O)N(C)C)CC3)c2)cn1. The molecule has 2 N–H and O–H groups in total. The molecule has 1 aliphatic rings. The minimum Gasteiger partial charge on any atom is -0.308 e. The van der Waals surface area contributed by atoms with Crippen molar-refractivity contribution in [2.24, 2.45) is 0 Å². The fourth-order valence-corrected chi connectivity index (χ4v) is 4.43. The Morgan fingerprint density at radius 1 is 1.06 bits per heavy atom. The van der Waals surface area contributed by atoms with Crippen LogP contribution in [0, 0.1) is 6.92 Å². The molecular weight excluding hydrogens is 416 g/mol. The first kappa shape index (κ1) is 23.1. The number of rotatable bonds is 7. The molecule has 1 aromatic heterocycles. The number of hydrogen-bond acceptors (Lipinski definition) is 5. The van der Waals surface area contributed by atoms with Crippen LogP contribution in [0.15, 0.2) is 42.6 Å². The summed E-state index contributed by atoms with van der Waals surface area (Å²) in [6, 6.07) is 11.1. The fourth-order valence-electron chi connectivity index (χ4n) is 3.34. The predicted octanol–water partition coefficient (Wildman–Crippen LogP) is 2.00. The van der Waals surface area contributed by atoms with E-state index < -0.39 is 10.2 Å². The molecule has 0 saturated carbocycles. The molecule has 1 saturated heterocycles. The van der Waals surface area contributed by atoms with Crippen LogP contribution in [0.5, 0.6) is 0 Å². The summed E-state index contributed by atoms with van der Waals surface area (Å²) in [5.74, 6) is 0. The summed E-state index contributed by atoms with van der Waals surface area (Å²) in [5, 5.41) is 5.61. The lowest BCUT2D eigenvalue weighted by molar-refractivity contribution is 0.185. The zero-order chi connectivity index (χ0) is 22.4. The Hall–Kier alpha value is -2.53. The third-order valence-corrected chi connectivity index (χ3v) is 7.13. The van der Waals surface area contributed by atoms with Crippen molar-refractivity contribution in [1.82, 2.24) is 18.5 Å². The number of carbonyl (C=O) groups is 1. The van der Waals surface area contributed by atoms with Crippen LogP contribution in [0.25, 0.3) is 0 Å².